The Balaban J connectivity index is 2.71. The number of rotatable bonds is 8. The first kappa shape index (κ1) is 16.3. The smallest absolute Gasteiger partial charge is 0.309 e. The Morgan fingerprint density at radius 2 is 1.79 bits per heavy atom. The van der Waals surface area contributed by atoms with E-state index in [0.29, 0.717) is 38.2 Å². The summed E-state index contributed by atoms with van der Waals surface area (Å²) in [6, 6.07) is 0. The van der Waals surface area contributed by atoms with E-state index in [2.05, 4.69) is 0 Å². The van der Waals surface area contributed by atoms with E-state index in [9.17, 15) is 14.7 Å². The molecule has 0 radical (unpaired) electrons. The van der Waals surface area contributed by atoms with Crippen LogP contribution in [-0.2, 0) is 13.6 Å². The van der Waals surface area contributed by atoms with Crippen molar-refractivity contribution in [3.63, 3.8) is 0 Å². The summed E-state index contributed by atoms with van der Waals surface area (Å²) in [7, 11) is -3.10. The van der Waals surface area contributed by atoms with Crippen LogP contribution in [0.4, 0.5) is 0 Å². The summed E-state index contributed by atoms with van der Waals surface area (Å²) in [5, 5.41) is 11.0. The Hall–Kier alpha value is -0.710. The van der Waals surface area contributed by atoms with E-state index in [1.54, 1.807) is 13.8 Å². The van der Waals surface area contributed by atoms with E-state index in [1.807, 2.05) is 0 Å². The SMILES string of the molecule is CCOP(=O)(CCC1=C([N+](=O)[O-])CCCC1)OCC. The van der Waals surface area contributed by atoms with Gasteiger partial charge >= 0.3 is 7.60 Å². The van der Waals surface area contributed by atoms with Gasteiger partial charge in [-0.3, -0.25) is 14.7 Å². The molecule has 0 amide bonds. The van der Waals surface area contributed by atoms with E-state index in [1.165, 1.54) is 0 Å². The molecule has 0 saturated heterocycles. The largest absolute Gasteiger partial charge is 0.330 e. The van der Waals surface area contributed by atoms with Crippen LogP contribution in [0.25, 0.3) is 0 Å². The molecule has 6 nitrogen and oxygen atoms in total. The minimum absolute atomic E-state index is 0.224. The topological polar surface area (TPSA) is 78.7 Å². The Labute approximate surface area is 113 Å². The fourth-order valence-corrected chi connectivity index (χ4v) is 3.94. The van der Waals surface area contributed by atoms with Crippen molar-refractivity contribution in [1.82, 2.24) is 0 Å². The van der Waals surface area contributed by atoms with Crippen LogP contribution < -0.4 is 0 Å². The zero-order valence-corrected chi connectivity index (χ0v) is 12.5. The van der Waals surface area contributed by atoms with E-state index in [4.69, 9.17) is 9.05 Å². The minimum Gasteiger partial charge on any atom is -0.309 e. The van der Waals surface area contributed by atoms with Crippen LogP contribution in [0.5, 0.6) is 0 Å². The lowest BCUT2D eigenvalue weighted by Gasteiger charge is -2.19. The van der Waals surface area contributed by atoms with Crippen LogP contribution in [0.2, 0.25) is 0 Å². The van der Waals surface area contributed by atoms with Crippen molar-refractivity contribution in [3.8, 4) is 0 Å². The predicted octanol–water partition coefficient (Wildman–Crippen LogP) is 3.75. The lowest BCUT2D eigenvalue weighted by Crippen LogP contribution is -2.10. The monoisotopic (exact) mass is 291 g/mol. The molecular weight excluding hydrogens is 269 g/mol. The molecule has 0 aromatic heterocycles. The highest BCUT2D eigenvalue weighted by Gasteiger charge is 2.27. The highest BCUT2D eigenvalue weighted by Crippen LogP contribution is 2.49. The first-order valence-electron chi connectivity index (χ1n) is 6.75. The van der Waals surface area contributed by atoms with Gasteiger partial charge < -0.3 is 9.05 Å². The molecule has 1 rings (SSSR count). The Bertz CT molecular complexity index is 384. The minimum atomic E-state index is -3.10. The van der Waals surface area contributed by atoms with Crippen LogP contribution >= 0.6 is 7.60 Å². The quantitative estimate of drug-likeness (QED) is 0.386. The summed E-state index contributed by atoms with van der Waals surface area (Å²) < 4.78 is 22.7. The number of allylic oxidation sites excluding steroid dienone is 2. The van der Waals surface area contributed by atoms with Gasteiger partial charge in [0.1, 0.15) is 0 Å². The molecule has 1 aliphatic carbocycles. The second kappa shape index (κ2) is 7.78. The summed E-state index contributed by atoms with van der Waals surface area (Å²) in [6.07, 6.45) is 3.69. The standard InChI is InChI=1S/C12H22NO5P/c1-3-17-19(16,18-4-2)10-9-11-7-5-6-8-12(11)13(14)15/h3-10H2,1-2H3. The molecule has 0 N–H and O–H groups in total. The fourth-order valence-electron chi connectivity index (χ4n) is 2.27. The molecule has 1 aliphatic rings. The molecule has 7 heteroatoms. The lowest BCUT2D eigenvalue weighted by molar-refractivity contribution is -0.430. The van der Waals surface area contributed by atoms with Gasteiger partial charge in [-0.1, -0.05) is 0 Å². The molecule has 110 valence electrons. The molecule has 0 unspecified atom stereocenters. The maximum Gasteiger partial charge on any atom is 0.330 e. The van der Waals surface area contributed by atoms with Crippen molar-refractivity contribution in [3.05, 3.63) is 21.4 Å². The zero-order chi connectivity index (χ0) is 14.3. The third-order valence-corrected chi connectivity index (χ3v) is 5.18. The van der Waals surface area contributed by atoms with E-state index < -0.39 is 7.60 Å². The van der Waals surface area contributed by atoms with E-state index in [0.717, 1.165) is 18.4 Å². The highest BCUT2D eigenvalue weighted by molar-refractivity contribution is 7.53. The van der Waals surface area contributed by atoms with Gasteiger partial charge in [0, 0.05) is 12.0 Å². The van der Waals surface area contributed by atoms with Crippen molar-refractivity contribution in [2.75, 3.05) is 19.4 Å². The molecular formula is C12H22NO5P. The maximum absolute atomic E-state index is 12.3. The van der Waals surface area contributed by atoms with Crippen molar-refractivity contribution in [1.29, 1.82) is 0 Å². The Morgan fingerprint density at radius 3 is 2.32 bits per heavy atom. The van der Waals surface area contributed by atoms with Crippen LogP contribution in [0.1, 0.15) is 46.0 Å². The molecule has 0 atom stereocenters. The van der Waals surface area contributed by atoms with Gasteiger partial charge in [0.15, 0.2) is 0 Å². The molecule has 0 spiro atoms. The summed E-state index contributed by atoms with van der Waals surface area (Å²) in [4.78, 5) is 10.7. The van der Waals surface area contributed by atoms with Gasteiger partial charge in [-0.15, -0.1) is 0 Å². The molecule has 0 aromatic rings. The van der Waals surface area contributed by atoms with Gasteiger partial charge in [-0.05, 0) is 39.5 Å². The average molecular weight is 291 g/mol. The summed E-state index contributed by atoms with van der Waals surface area (Å²) >= 11 is 0. The molecule has 0 fully saturated rings. The second-order valence-corrected chi connectivity index (χ2v) is 6.62. The zero-order valence-electron chi connectivity index (χ0n) is 11.6. The molecule has 0 aliphatic heterocycles. The summed E-state index contributed by atoms with van der Waals surface area (Å²) in [5.41, 5.74) is 1.10. The van der Waals surface area contributed by atoms with Crippen molar-refractivity contribution >= 4 is 7.60 Å². The van der Waals surface area contributed by atoms with Crippen molar-refractivity contribution in [2.45, 2.75) is 46.0 Å². The van der Waals surface area contributed by atoms with Crippen molar-refractivity contribution < 1.29 is 18.5 Å². The molecule has 0 heterocycles. The summed E-state index contributed by atoms with van der Waals surface area (Å²) in [6.45, 7) is 4.15. The second-order valence-electron chi connectivity index (χ2n) is 4.43. The number of nitrogens with zero attached hydrogens (tertiary/aromatic N) is 1. The normalized spacial score (nSPS) is 16.7. The average Bonchev–Trinajstić information content (AvgIpc) is 2.37. The van der Waals surface area contributed by atoms with E-state index in [-0.39, 0.29) is 11.1 Å². The molecule has 0 bridgehead atoms. The predicted molar refractivity (Wildman–Crippen MR) is 72.8 cm³/mol. The lowest BCUT2D eigenvalue weighted by atomic mass is 9.95. The first-order chi connectivity index (χ1) is 9.02. The van der Waals surface area contributed by atoms with Crippen LogP contribution in [0.15, 0.2) is 11.3 Å². The Kier molecular flexibility index (Phi) is 6.69. The van der Waals surface area contributed by atoms with Gasteiger partial charge in [0.05, 0.1) is 24.3 Å². The maximum atomic E-state index is 12.3. The fraction of sp³-hybridized carbons (Fsp3) is 0.833. The van der Waals surface area contributed by atoms with Gasteiger partial charge in [0.2, 0.25) is 5.70 Å². The van der Waals surface area contributed by atoms with Crippen LogP contribution in [0, 0.1) is 10.1 Å². The number of hydrogen-bond acceptors (Lipinski definition) is 5. The molecule has 0 aromatic carbocycles. The van der Waals surface area contributed by atoms with E-state index >= 15 is 0 Å². The van der Waals surface area contributed by atoms with Gasteiger partial charge in [-0.25, -0.2) is 0 Å². The molecule has 0 saturated carbocycles. The molecule has 19 heavy (non-hydrogen) atoms. The number of hydrogen-bond donors (Lipinski definition) is 0. The Morgan fingerprint density at radius 1 is 1.21 bits per heavy atom. The third-order valence-electron chi connectivity index (χ3n) is 3.11. The summed E-state index contributed by atoms with van der Waals surface area (Å²) in [5.74, 6) is 0. The van der Waals surface area contributed by atoms with Gasteiger partial charge in [-0.2, -0.15) is 0 Å². The van der Waals surface area contributed by atoms with Gasteiger partial charge in [0.25, 0.3) is 0 Å². The third kappa shape index (κ3) is 5.05. The number of nitro groups is 1. The van der Waals surface area contributed by atoms with Crippen LogP contribution in [-0.4, -0.2) is 24.3 Å². The van der Waals surface area contributed by atoms with Crippen LogP contribution in [0.3, 0.4) is 0 Å². The first-order valence-corrected chi connectivity index (χ1v) is 8.48. The van der Waals surface area contributed by atoms with Crippen molar-refractivity contribution in [2.24, 2.45) is 0 Å². The highest BCUT2D eigenvalue weighted by atomic mass is 31.2.